The molecule has 0 heterocycles. The van der Waals surface area contributed by atoms with E-state index >= 15 is 0 Å². The Morgan fingerprint density at radius 3 is 2.47 bits per heavy atom. The van der Waals surface area contributed by atoms with Crippen LogP contribution >= 0.6 is 0 Å². The summed E-state index contributed by atoms with van der Waals surface area (Å²) in [6, 6.07) is 0. The van der Waals surface area contributed by atoms with Crippen molar-refractivity contribution in [1.29, 1.82) is 0 Å². The van der Waals surface area contributed by atoms with Crippen molar-refractivity contribution in [3.05, 3.63) is 42.0 Å². The van der Waals surface area contributed by atoms with Crippen LogP contribution in [0, 0.1) is 11.8 Å². The smallest absolute Gasteiger partial charge is 0.222 e. The first-order valence-electron chi connectivity index (χ1n) is 4.56. The predicted octanol–water partition coefficient (Wildman–Crippen LogP) is -0.0433. The Kier molecular flexibility index (Phi) is 5.47. The molecule has 0 bridgehead atoms. The second kappa shape index (κ2) is 5.83. The third kappa shape index (κ3) is 3.97. The van der Waals surface area contributed by atoms with Crippen molar-refractivity contribution in [1.82, 2.24) is 0 Å². The molecule has 0 saturated carbocycles. The molecule has 1 aliphatic rings. The molecule has 15 heavy (non-hydrogen) atoms. The molecule has 0 spiro atoms. The van der Waals surface area contributed by atoms with Crippen molar-refractivity contribution in [2.45, 2.75) is 20.8 Å². The molecule has 2 nitrogen and oxygen atoms in total. The zero-order valence-corrected chi connectivity index (χ0v) is 9.74. The van der Waals surface area contributed by atoms with E-state index < -0.39 is 0 Å². The quantitative estimate of drug-likeness (QED) is 0.250. The molecule has 1 rings (SSSR count). The summed E-state index contributed by atoms with van der Waals surface area (Å²) in [6.45, 7) is 6.07. The van der Waals surface area contributed by atoms with Crippen LogP contribution in [0.2, 0.25) is 0 Å². The van der Waals surface area contributed by atoms with E-state index in [1.807, 2.05) is 51.5 Å². The molecular weight excluding hydrogens is 181 g/mol. The van der Waals surface area contributed by atoms with Gasteiger partial charge in [-0.15, -0.1) is 36.3 Å². The number of rotatable bonds is 1. The largest absolute Gasteiger partial charge is 1.00 e. The van der Waals surface area contributed by atoms with Crippen molar-refractivity contribution in [2.75, 3.05) is 0 Å². The fourth-order valence-corrected chi connectivity index (χ4v) is 1.31. The number of isocyanates is 1. The van der Waals surface area contributed by atoms with Crippen molar-refractivity contribution in [3.8, 4) is 0 Å². The standard InChI is InChI=1S/C12H14NO.Li/c1-12(2,3)11(13-9-14)10-7-5-4-6-8-10;/h4-8H,1-3H3;/q-1;+1. The van der Waals surface area contributed by atoms with Gasteiger partial charge in [-0.25, -0.2) is 9.79 Å². The van der Waals surface area contributed by atoms with Crippen LogP contribution in [0.1, 0.15) is 20.8 Å². The molecule has 0 fully saturated rings. The van der Waals surface area contributed by atoms with Gasteiger partial charge in [-0.05, 0) is 11.1 Å². The second-order valence-electron chi connectivity index (χ2n) is 4.17. The van der Waals surface area contributed by atoms with Gasteiger partial charge in [0.25, 0.3) is 0 Å². The Labute approximate surface area is 103 Å². The summed E-state index contributed by atoms with van der Waals surface area (Å²) in [4.78, 5) is 14.1. The van der Waals surface area contributed by atoms with E-state index in [9.17, 15) is 4.79 Å². The van der Waals surface area contributed by atoms with Gasteiger partial charge in [-0.3, -0.25) is 0 Å². The van der Waals surface area contributed by atoms with Gasteiger partial charge < -0.3 is 0 Å². The molecule has 0 aromatic heterocycles. The molecule has 0 amide bonds. The summed E-state index contributed by atoms with van der Waals surface area (Å²) in [5.41, 5.74) is 1.61. The molecule has 74 valence electrons. The Bertz CT molecular complexity index is 352. The van der Waals surface area contributed by atoms with Gasteiger partial charge in [0.15, 0.2) is 0 Å². The molecule has 0 atom stereocenters. The van der Waals surface area contributed by atoms with E-state index in [4.69, 9.17) is 0 Å². The minimum atomic E-state index is -0.140. The number of nitrogens with zero attached hydrogens (tertiary/aromatic N) is 1. The van der Waals surface area contributed by atoms with Gasteiger partial charge in [-0.2, -0.15) is 0 Å². The SMILES string of the molecule is CC(C)(C)/C(N=C=O)=C1\C=CC=C[CH-]1.[Li+]. The first-order chi connectivity index (χ1) is 6.55. The maximum Gasteiger partial charge on any atom is 1.00 e. The van der Waals surface area contributed by atoms with Gasteiger partial charge in [-0.1, -0.05) is 20.8 Å². The van der Waals surface area contributed by atoms with Gasteiger partial charge in [0.05, 0.1) is 0 Å². The molecule has 0 saturated heterocycles. The monoisotopic (exact) mass is 195 g/mol. The van der Waals surface area contributed by atoms with Crippen LogP contribution < -0.4 is 18.9 Å². The normalized spacial score (nSPS) is 17.3. The number of aliphatic imine (C=N–C) groups is 1. The van der Waals surface area contributed by atoms with Crippen molar-refractivity contribution in [3.63, 3.8) is 0 Å². The van der Waals surface area contributed by atoms with Crippen molar-refractivity contribution < 1.29 is 23.7 Å². The van der Waals surface area contributed by atoms with E-state index in [2.05, 4.69) is 4.99 Å². The molecule has 0 radical (unpaired) electrons. The number of hydrogen-bond acceptors (Lipinski definition) is 2. The first-order valence-corrected chi connectivity index (χ1v) is 4.56. The zero-order valence-electron chi connectivity index (χ0n) is 9.74. The summed E-state index contributed by atoms with van der Waals surface area (Å²) in [7, 11) is 0. The number of carbonyl (C=O) groups excluding carboxylic acids is 1. The van der Waals surface area contributed by atoms with E-state index in [0.29, 0.717) is 0 Å². The molecular formula is C12H14LiNO. The Hall–Kier alpha value is -0.933. The third-order valence-electron chi connectivity index (χ3n) is 1.92. The summed E-state index contributed by atoms with van der Waals surface area (Å²) < 4.78 is 0. The fourth-order valence-electron chi connectivity index (χ4n) is 1.31. The third-order valence-corrected chi connectivity index (χ3v) is 1.92. The minimum Gasteiger partial charge on any atom is -0.222 e. The minimum absolute atomic E-state index is 0. The van der Waals surface area contributed by atoms with Gasteiger partial charge in [0.1, 0.15) is 0 Å². The predicted molar refractivity (Wildman–Crippen MR) is 57.2 cm³/mol. The summed E-state index contributed by atoms with van der Waals surface area (Å²) in [5, 5.41) is 0. The van der Waals surface area contributed by atoms with Crippen molar-refractivity contribution >= 4 is 6.08 Å². The van der Waals surface area contributed by atoms with Crippen LogP contribution in [0.5, 0.6) is 0 Å². The summed E-state index contributed by atoms with van der Waals surface area (Å²) in [6.07, 6.45) is 11.3. The molecule has 0 aromatic rings. The van der Waals surface area contributed by atoms with Crippen LogP contribution in [0.15, 0.2) is 40.6 Å². The van der Waals surface area contributed by atoms with E-state index in [1.165, 1.54) is 0 Å². The molecule has 1 aliphatic carbocycles. The Morgan fingerprint density at radius 2 is 2.07 bits per heavy atom. The summed E-state index contributed by atoms with van der Waals surface area (Å²) >= 11 is 0. The average Bonchev–Trinajstić information content (AvgIpc) is 2.14. The van der Waals surface area contributed by atoms with Crippen LogP contribution in [-0.2, 0) is 4.79 Å². The zero-order chi connectivity index (χ0) is 10.6. The van der Waals surface area contributed by atoms with Gasteiger partial charge in [0.2, 0.25) is 6.08 Å². The van der Waals surface area contributed by atoms with E-state index in [1.54, 1.807) is 6.08 Å². The molecule has 0 unspecified atom stereocenters. The average molecular weight is 195 g/mol. The molecule has 0 N–H and O–H groups in total. The molecule has 0 aromatic carbocycles. The molecule has 3 heteroatoms. The molecule has 0 aliphatic heterocycles. The van der Waals surface area contributed by atoms with E-state index in [0.717, 1.165) is 11.3 Å². The Morgan fingerprint density at radius 1 is 1.40 bits per heavy atom. The first kappa shape index (κ1) is 14.1. The second-order valence-corrected chi connectivity index (χ2v) is 4.17. The van der Waals surface area contributed by atoms with Gasteiger partial charge >= 0.3 is 18.9 Å². The maximum atomic E-state index is 10.3. The van der Waals surface area contributed by atoms with Crippen LogP contribution in [-0.4, -0.2) is 6.08 Å². The van der Waals surface area contributed by atoms with Crippen LogP contribution in [0.4, 0.5) is 0 Å². The maximum absolute atomic E-state index is 10.3. The topological polar surface area (TPSA) is 29.4 Å². The fraction of sp³-hybridized carbons (Fsp3) is 0.333. The van der Waals surface area contributed by atoms with Crippen LogP contribution in [0.3, 0.4) is 0 Å². The summed E-state index contributed by atoms with van der Waals surface area (Å²) in [5.74, 6) is 0. The van der Waals surface area contributed by atoms with Crippen LogP contribution in [0.25, 0.3) is 0 Å². The number of allylic oxidation sites excluding steroid dienone is 6. The van der Waals surface area contributed by atoms with E-state index in [-0.39, 0.29) is 24.3 Å². The Balaban J connectivity index is 0.00000196. The van der Waals surface area contributed by atoms with Gasteiger partial charge in [0, 0.05) is 0 Å². The van der Waals surface area contributed by atoms with Crippen molar-refractivity contribution in [2.24, 2.45) is 10.4 Å². The number of hydrogen-bond donors (Lipinski definition) is 0.